The molecule has 1 heterocycles. The van der Waals surface area contributed by atoms with Gasteiger partial charge in [0, 0.05) is 19.3 Å². The van der Waals surface area contributed by atoms with Gasteiger partial charge in [-0.15, -0.1) is 0 Å². The van der Waals surface area contributed by atoms with Crippen molar-refractivity contribution in [3.63, 3.8) is 0 Å². The van der Waals surface area contributed by atoms with Crippen LogP contribution in [0.4, 0.5) is 0 Å². The van der Waals surface area contributed by atoms with E-state index in [2.05, 4.69) is 62.5 Å². The zero-order valence-corrected chi connectivity index (χ0v) is 16.2. The maximum absolute atomic E-state index is 6.15. The van der Waals surface area contributed by atoms with Crippen molar-refractivity contribution >= 4 is 0 Å². The van der Waals surface area contributed by atoms with Gasteiger partial charge in [0.1, 0.15) is 5.75 Å². The summed E-state index contributed by atoms with van der Waals surface area (Å²) in [5.74, 6) is 1.07. The van der Waals surface area contributed by atoms with E-state index in [1.165, 1.54) is 36.1 Å². The van der Waals surface area contributed by atoms with E-state index in [0.29, 0.717) is 0 Å². The summed E-state index contributed by atoms with van der Waals surface area (Å²) in [7, 11) is 2.31. The summed E-state index contributed by atoms with van der Waals surface area (Å²) < 4.78 is 6.15. The zero-order valence-electron chi connectivity index (χ0n) is 15.4. The highest BCUT2D eigenvalue weighted by Crippen LogP contribution is 2.21. The molecule has 1 aliphatic rings. The highest BCUT2D eigenvalue weighted by Gasteiger charge is 2.24. The third-order valence-electron chi connectivity index (χ3n) is 5.28. The largest absolute Gasteiger partial charge is 1.00 e. The molecule has 3 rings (SSSR count). The molecular weight excluding hydrogens is 330 g/mol. The van der Waals surface area contributed by atoms with Crippen LogP contribution in [0.3, 0.4) is 0 Å². The summed E-state index contributed by atoms with van der Waals surface area (Å²) in [5, 5.41) is 0. The van der Waals surface area contributed by atoms with Crippen LogP contribution in [-0.2, 0) is 12.8 Å². The smallest absolute Gasteiger partial charge is 0.122 e. The van der Waals surface area contributed by atoms with Gasteiger partial charge in [0.25, 0.3) is 0 Å². The average molecular weight is 360 g/mol. The highest BCUT2D eigenvalue weighted by molar-refractivity contribution is 5.34. The summed E-state index contributed by atoms with van der Waals surface area (Å²) >= 11 is 0. The van der Waals surface area contributed by atoms with Crippen LogP contribution in [0.15, 0.2) is 48.5 Å². The monoisotopic (exact) mass is 359 g/mol. The lowest BCUT2D eigenvalue weighted by Crippen LogP contribution is -3.10. The van der Waals surface area contributed by atoms with Gasteiger partial charge in [-0.2, -0.15) is 0 Å². The van der Waals surface area contributed by atoms with Gasteiger partial charge in [-0.3, -0.25) is 0 Å². The minimum absolute atomic E-state index is 0. The Labute approximate surface area is 158 Å². The van der Waals surface area contributed by atoms with Crippen molar-refractivity contribution in [3.8, 4) is 5.75 Å². The third-order valence-corrected chi connectivity index (χ3v) is 5.28. The minimum atomic E-state index is 0. The van der Waals surface area contributed by atoms with Crippen molar-refractivity contribution in [2.75, 3.05) is 20.2 Å². The molecule has 3 heteroatoms. The summed E-state index contributed by atoms with van der Waals surface area (Å²) in [6, 6.07) is 18.1. The van der Waals surface area contributed by atoms with Crippen LogP contribution in [0.5, 0.6) is 5.75 Å². The van der Waals surface area contributed by atoms with Crippen LogP contribution >= 0.6 is 0 Å². The zero-order chi connectivity index (χ0) is 16.8. The number of benzene rings is 2. The van der Waals surface area contributed by atoms with Crippen molar-refractivity contribution < 1.29 is 22.0 Å². The Morgan fingerprint density at radius 2 is 1.92 bits per heavy atom. The van der Waals surface area contributed by atoms with Gasteiger partial charge >= 0.3 is 0 Å². The van der Waals surface area contributed by atoms with E-state index in [-0.39, 0.29) is 12.4 Å². The topological polar surface area (TPSA) is 13.7 Å². The lowest BCUT2D eigenvalue weighted by molar-refractivity contribution is -0.892. The number of aryl methyl sites for hydroxylation is 3. The highest BCUT2D eigenvalue weighted by atomic mass is 35.5. The molecule has 2 aromatic rings. The molecule has 2 atom stereocenters. The molecule has 2 unspecified atom stereocenters. The second-order valence-electron chi connectivity index (χ2n) is 7.17. The lowest BCUT2D eigenvalue weighted by atomic mass is 10.0. The standard InChI is InChI=1S/C22H29NO.ClH/c1-18-7-5-8-19(17-18)12-13-20-9-3-4-11-22(20)24-16-14-21-10-6-15-23(21)2;/h3-5,7-9,11,17,21H,6,10,12-16H2,1-2H3;1H. The number of hydrogen-bond donors (Lipinski definition) is 1. The molecule has 1 fully saturated rings. The van der Waals surface area contributed by atoms with Gasteiger partial charge < -0.3 is 22.0 Å². The number of para-hydroxylation sites is 1. The van der Waals surface area contributed by atoms with Gasteiger partial charge in [-0.25, -0.2) is 0 Å². The third kappa shape index (κ3) is 5.76. The maximum Gasteiger partial charge on any atom is 0.122 e. The Bertz CT molecular complexity index is 658. The molecule has 2 nitrogen and oxygen atoms in total. The number of likely N-dealkylation sites (tertiary alicyclic amines) is 1. The number of nitrogens with one attached hydrogen (secondary N) is 1. The van der Waals surface area contributed by atoms with E-state index in [4.69, 9.17) is 4.74 Å². The average Bonchev–Trinajstić information content (AvgIpc) is 2.99. The van der Waals surface area contributed by atoms with Crippen LogP contribution in [0.2, 0.25) is 0 Å². The van der Waals surface area contributed by atoms with Crippen molar-refractivity contribution in [2.45, 2.75) is 45.1 Å². The first kappa shape index (κ1) is 19.8. The van der Waals surface area contributed by atoms with Crippen molar-refractivity contribution in [1.82, 2.24) is 0 Å². The molecule has 136 valence electrons. The molecule has 0 bridgehead atoms. The SMILES string of the molecule is Cc1cccc(CCc2ccccc2OCCC2CCC[NH+]2C)c1.[Cl-]. The van der Waals surface area contributed by atoms with E-state index < -0.39 is 0 Å². The Kier molecular flexibility index (Phi) is 7.80. The molecule has 0 aliphatic carbocycles. The fraction of sp³-hybridized carbons (Fsp3) is 0.455. The normalized spacial score (nSPS) is 19.4. The lowest BCUT2D eigenvalue weighted by Gasteiger charge is -2.17. The Balaban J connectivity index is 0.00000225. The Morgan fingerprint density at radius 1 is 1.08 bits per heavy atom. The predicted molar refractivity (Wildman–Crippen MR) is 99.9 cm³/mol. The Morgan fingerprint density at radius 3 is 2.68 bits per heavy atom. The van der Waals surface area contributed by atoms with Gasteiger partial charge in [-0.1, -0.05) is 48.0 Å². The number of hydrogen-bond acceptors (Lipinski definition) is 1. The van der Waals surface area contributed by atoms with Crippen LogP contribution in [-0.4, -0.2) is 26.2 Å². The van der Waals surface area contributed by atoms with E-state index in [9.17, 15) is 0 Å². The van der Waals surface area contributed by atoms with Crippen LogP contribution < -0.4 is 22.0 Å². The van der Waals surface area contributed by atoms with E-state index in [1.54, 1.807) is 4.90 Å². The van der Waals surface area contributed by atoms with E-state index in [0.717, 1.165) is 37.7 Å². The first-order chi connectivity index (χ1) is 11.7. The fourth-order valence-electron chi connectivity index (χ4n) is 3.78. The fourth-order valence-corrected chi connectivity index (χ4v) is 3.78. The van der Waals surface area contributed by atoms with Gasteiger partial charge in [0.2, 0.25) is 0 Å². The van der Waals surface area contributed by atoms with Gasteiger partial charge in [0.05, 0.1) is 26.2 Å². The van der Waals surface area contributed by atoms with Crippen LogP contribution in [0.1, 0.15) is 36.0 Å². The first-order valence-corrected chi connectivity index (χ1v) is 9.31. The minimum Gasteiger partial charge on any atom is -1.00 e. The maximum atomic E-state index is 6.15. The second-order valence-corrected chi connectivity index (χ2v) is 7.17. The number of halogens is 1. The molecule has 0 aromatic heterocycles. The molecule has 0 amide bonds. The van der Waals surface area contributed by atoms with Crippen LogP contribution in [0, 0.1) is 6.92 Å². The molecule has 0 spiro atoms. The first-order valence-electron chi connectivity index (χ1n) is 9.31. The van der Waals surface area contributed by atoms with Gasteiger partial charge in [-0.05, 0) is 37.0 Å². The second kappa shape index (κ2) is 9.84. The molecule has 2 aromatic carbocycles. The van der Waals surface area contributed by atoms with Crippen molar-refractivity contribution in [2.24, 2.45) is 0 Å². The van der Waals surface area contributed by atoms with Gasteiger partial charge in [0.15, 0.2) is 0 Å². The molecule has 0 saturated carbocycles. The predicted octanol–water partition coefficient (Wildman–Crippen LogP) is 0.230. The van der Waals surface area contributed by atoms with Crippen LogP contribution in [0.25, 0.3) is 0 Å². The molecule has 25 heavy (non-hydrogen) atoms. The van der Waals surface area contributed by atoms with Crippen molar-refractivity contribution in [3.05, 3.63) is 65.2 Å². The summed E-state index contributed by atoms with van der Waals surface area (Å²) in [5.41, 5.74) is 4.06. The number of quaternary nitrogens is 1. The molecule has 1 N–H and O–H groups in total. The summed E-state index contributed by atoms with van der Waals surface area (Å²) in [4.78, 5) is 1.67. The number of rotatable bonds is 7. The summed E-state index contributed by atoms with van der Waals surface area (Å²) in [6.45, 7) is 4.31. The number of ether oxygens (including phenoxy) is 1. The van der Waals surface area contributed by atoms with Crippen molar-refractivity contribution in [1.29, 1.82) is 0 Å². The quantitative estimate of drug-likeness (QED) is 0.747. The summed E-state index contributed by atoms with van der Waals surface area (Å²) in [6.07, 6.45) is 5.98. The molecule has 1 aliphatic heterocycles. The Hall–Kier alpha value is -1.51. The molecular formula is C22H30ClNO. The van der Waals surface area contributed by atoms with E-state index in [1.807, 2.05) is 0 Å². The molecule has 1 saturated heterocycles. The van der Waals surface area contributed by atoms with E-state index >= 15 is 0 Å². The molecule has 0 radical (unpaired) electrons.